The van der Waals surface area contributed by atoms with Crippen molar-refractivity contribution in [2.75, 3.05) is 50.1 Å². The number of thiophene rings is 1. The Bertz CT molecular complexity index is 876. The Morgan fingerprint density at radius 1 is 1.29 bits per heavy atom. The number of hydrogen-bond donors (Lipinski definition) is 2. The molecule has 0 unspecified atom stereocenters. The van der Waals surface area contributed by atoms with E-state index in [9.17, 15) is 9.59 Å². The molecule has 1 saturated heterocycles. The van der Waals surface area contributed by atoms with E-state index >= 15 is 0 Å². The zero-order valence-corrected chi connectivity index (χ0v) is 17.9. The number of esters is 1. The van der Waals surface area contributed by atoms with Crippen LogP contribution < -0.4 is 15.1 Å². The molecule has 2 N–H and O–H groups in total. The highest BCUT2D eigenvalue weighted by molar-refractivity contribution is 7.16. The Kier molecular flexibility index (Phi) is 6.59. The summed E-state index contributed by atoms with van der Waals surface area (Å²) in [4.78, 5) is 29.1. The minimum Gasteiger partial charge on any atom is -0.465 e. The summed E-state index contributed by atoms with van der Waals surface area (Å²) in [6.07, 6.45) is 0. The van der Waals surface area contributed by atoms with Crippen molar-refractivity contribution in [3.05, 3.63) is 45.3 Å². The van der Waals surface area contributed by atoms with Crippen molar-refractivity contribution in [2.45, 2.75) is 13.8 Å². The first-order valence-electron chi connectivity index (χ1n) is 9.21. The fourth-order valence-corrected chi connectivity index (χ4v) is 4.64. The van der Waals surface area contributed by atoms with Crippen LogP contribution in [0.15, 0.2) is 24.3 Å². The number of methoxy groups -OCH3 is 1. The van der Waals surface area contributed by atoms with Crippen molar-refractivity contribution < 1.29 is 19.2 Å². The van der Waals surface area contributed by atoms with Gasteiger partial charge in [0.15, 0.2) is 6.54 Å². The largest absolute Gasteiger partial charge is 0.465 e. The highest BCUT2D eigenvalue weighted by Crippen LogP contribution is 2.32. The minimum atomic E-state index is -0.417. The summed E-state index contributed by atoms with van der Waals surface area (Å²) in [5.74, 6) is -0.503. The third kappa shape index (κ3) is 4.66. The highest BCUT2D eigenvalue weighted by atomic mass is 35.5. The molecule has 6 nitrogen and oxygen atoms in total. The molecular weight excluding hydrogens is 398 g/mol. The molecule has 2 heterocycles. The Morgan fingerprint density at radius 2 is 2.00 bits per heavy atom. The lowest BCUT2D eigenvalue weighted by Gasteiger charge is -2.33. The molecule has 1 fully saturated rings. The van der Waals surface area contributed by atoms with E-state index < -0.39 is 5.97 Å². The molecule has 0 radical (unpaired) electrons. The second kappa shape index (κ2) is 8.94. The molecule has 1 aromatic heterocycles. The molecule has 1 aliphatic rings. The maximum absolute atomic E-state index is 12.6. The van der Waals surface area contributed by atoms with E-state index in [2.05, 4.69) is 16.3 Å². The number of halogens is 1. The topological polar surface area (TPSA) is 63.1 Å². The van der Waals surface area contributed by atoms with Crippen LogP contribution in [0.25, 0.3) is 0 Å². The molecule has 0 atom stereocenters. The quantitative estimate of drug-likeness (QED) is 0.725. The van der Waals surface area contributed by atoms with E-state index in [1.165, 1.54) is 23.3 Å². The number of nitrogens with one attached hydrogen (secondary N) is 2. The summed E-state index contributed by atoms with van der Waals surface area (Å²) >= 11 is 7.49. The van der Waals surface area contributed by atoms with E-state index in [1.54, 1.807) is 0 Å². The third-order valence-corrected chi connectivity index (χ3v) is 6.44. The van der Waals surface area contributed by atoms with Crippen molar-refractivity contribution in [1.29, 1.82) is 0 Å². The van der Waals surface area contributed by atoms with Crippen LogP contribution in [-0.4, -0.2) is 51.7 Å². The van der Waals surface area contributed by atoms with E-state index in [1.807, 2.05) is 32.0 Å². The number of anilines is 2. The van der Waals surface area contributed by atoms with Crippen LogP contribution in [0.4, 0.5) is 10.7 Å². The number of quaternary nitrogens is 1. The molecule has 0 aliphatic carbocycles. The van der Waals surface area contributed by atoms with Crippen LogP contribution in [0.5, 0.6) is 0 Å². The molecule has 1 aliphatic heterocycles. The van der Waals surface area contributed by atoms with Crippen LogP contribution in [0.2, 0.25) is 5.02 Å². The molecule has 2 aromatic rings. The molecular formula is C20H25ClN3O3S+. The van der Waals surface area contributed by atoms with Crippen molar-refractivity contribution in [2.24, 2.45) is 0 Å². The molecule has 1 aromatic carbocycles. The first kappa shape index (κ1) is 20.6. The fraction of sp³-hybridized carbons (Fsp3) is 0.400. The summed E-state index contributed by atoms with van der Waals surface area (Å²) in [6.45, 7) is 7.65. The normalized spacial score (nSPS) is 14.8. The van der Waals surface area contributed by atoms with Crippen molar-refractivity contribution in [3.63, 3.8) is 0 Å². The Hall–Kier alpha value is -2.09. The van der Waals surface area contributed by atoms with Crippen LogP contribution in [-0.2, 0) is 9.53 Å². The number of nitrogens with zero attached hydrogens (tertiary/aromatic N) is 1. The van der Waals surface area contributed by atoms with Gasteiger partial charge in [-0.05, 0) is 37.6 Å². The van der Waals surface area contributed by atoms with E-state index in [-0.39, 0.29) is 5.91 Å². The van der Waals surface area contributed by atoms with Gasteiger partial charge in [0.2, 0.25) is 0 Å². The number of benzene rings is 1. The van der Waals surface area contributed by atoms with E-state index in [4.69, 9.17) is 16.3 Å². The maximum atomic E-state index is 12.6. The predicted molar refractivity (Wildman–Crippen MR) is 113 cm³/mol. The highest BCUT2D eigenvalue weighted by Gasteiger charge is 2.25. The van der Waals surface area contributed by atoms with Gasteiger partial charge in [0.1, 0.15) is 5.00 Å². The minimum absolute atomic E-state index is 0.0855. The number of ether oxygens (including phenoxy) is 1. The van der Waals surface area contributed by atoms with Gasteiger partial charge in [0.05, 0.1) is 38.9 Å². The zero-order chi connectivity index (χ0) is 20.3. The smallest absolute Gasteiger partial charge is 0.341 e. The second-order valence-corrected chi connectivity index (χ2v) is 8.58. The average molecular weight is 423 g/mol. The maximum Gasteiger partial charge on any atom is 0.341 e. The Labute approximate surface area is 174 Å². The summed E-state index contributed by atoms with van der Waals surface area (Å²) in [7, 11) is 1.35. The molecule has 28 heavy (non-hydrogen) atoms. The summed E-state index contributed by atoms with van der Waals surface area (Å²) < 4.78 is 4.86. The fourth-order valence-electron chi connectivity index (χ4n) is 3.39. The second-order valence-electron chi connectivity index (χ2n) is 6.92. The number of hydrogen-bond acceptors (Lipinski definition) is 5. The Balaban J connectivity index is 1.57. The lowest BCUT2D eigenvalue weighted by Crippen LogP contribution is -3.15. The van der Waals surface area contributed by atoms with Gasteiger partial charge in [0.25, 0.3) is 5.91 Å². The molecule has 150 valence electrons. The van der Waals surface area contributed by atoms with Crippen molar-refractivity contribution in [3.8, 4) is 0 Å². The van der Waals surface area contributed by atoms with Crippen molar-refractivity contribution in [1.82, 2.24) is 0 Å². The number of aryl methyl sites for hydroxylation is 1. The van der Waals surface area contributed by atoms with Gasteiger partial charge >= 0.3 is 5.97 Å². The Morgan fingerprint density at radius 3 is 2.64 bits per heavy atom. The molecule has 3 rings (SSSR count). The van der Waals surface area contributed by atoms with Gasteiger partial charge in [0, 0.05) is 15.6 Å². The molecule has 0 spiro atoms. The van der Waals surface area contributed by atoms with E-state index in [0.29, 0.717) is 17.1 Å². The van der Waals surface area contributed by atoms with Gasteiger partial charge in [-0.15, -0.1) is 11.3 Å². The van der Waals surface area contributed by atoms with Crippen LogP contribution >= 0.6 is 22.9 Å². The zero-order valence-electron chi connectivity index (χ0n) is 16.3. The summed E-state index contributed by atoms with van der Waals surface area (Å²) in [5, 5.41) is 4.22. The van der Waals surface area contributed by atoms with Gasteiger partial charge in [-0.1, -0.05) is 17.7 Å². The number of carbonyl (C=O) groups is 2. The SMILES string of the molecule is COC(=O)c1c(NC(=O)C[NH+]2CCN(c3cccc(Cl)c3)CC2)sc(C)c1C. The van der Waals surface area contributed by atoms with E-state index in [0.717, 1.165) is 47.3 Å². The monoisotopic (exact) mass is 422 g/mol. The summed E-state index contributed by atoms with van der Waals surface area (Å²) in [5.41, 5.74) is 2.43. The lowest BCUT2D eigenvalue weighted by molar-refractivity contribution is -0.892. The first-order chi connectivity index (χ1) is 13.4. The average Bonchev–Trinajstić information content (AvgIpc) is 2.95. The van der Waals surface area contributed by atoms with Gasteiger partial charge in [-0.25, -0.2) is 4.79 Å². The molecule has 0 saturated carbocycles. The first-order valence-corrected chi connectivity index (χ1v) is 10.4. The van der Waals surface area contributed by atoms with Gasteiger partial charge < -0.3 is 19.9 Å². The van der Waals surface area contributed by atoms with Gasteiger partial charge in [-0.3, -0.25) is 4.79 Å². The standard InChI is InChI=1S/C20H24ClN3O3S/c1-13-14(2)28-19(18(13)20(26)27-3)22-17(25)12-23-7-9-24(10-8-23)16-6-4-5-15(21)11-16/h4-6,11H,7-10,12H2,1-3H3,(H,22,25)/p+1. The van der Waals surface area contributed by atoms with Crippen LogP contribution in [0.1, 0.15) is 20.8 Å². The van der Waals surface area contributed by atoms with Gasteiger partial charge in [-0.2, -0.15) is 0 Å². The number of amides is 1. The third-order valence-electron chi connectivity index (χ3n) is 5.08. The van der Waals surface area contributed by atoms with Crippen LogP contribution in [0.3, 0.4) is 0 Å². The predicted octanol–water partition coefficient (Wildman–Crippen LogP) is 2.15. The number of rotatable bonds is 5. The molecule has 0 bridgehead atoms. The summed E-state index contributed by atoms with van der Waals surface area (Å²) in [6, 6.07) is 7.84. The number of piperazine rings is 1. The van der Waals surface area contributed by atoms with Crippen molar-refractivity contribution >= 4 is 45.5 Å². The number of carbonyl (C=O) groups excluding carboxylic acids is 2. The lowest BCUT2D eigenvalue weighted by atomic mass is 10.1. The van der Waals surface area contributed by atoms with Crippen LogP contribution in [0, 0.1) is 13.8 Å². The molecule has 8 heteroatoms. The molecule has 1 amide bonds.